The summed E-state index contributed by atoms with van der Waals surface area (Å²) in [4.78, 5) is 22.4. The van der Waals surface area contributed by atoms with Gasteiger partial charge in [0.2, 0.25) is 11.8 Å². The monoisotopic (exact) mass is 401 g/mol. The van der Waals surface area contributed by atoms with Gasteiger partial charge in [0, 0.05) is 38.0 Å². The minimum atomic E-state index is -2.66. The van der Waals surface area contributed by atoms with E-state index in [1.165, 1.54) is 6.07 Å². The van der Waals surface area contributed by atoms with E-state index >= 15 is 0 Å². The molecule has 1 aliphatic carbocycles. The molecule has 0 atom stereocenters. The van der Waals surface area contributed by atoms with Gasteiger partial charge in [-0.05, 0) is 12.8 Å². The van der Waals surface area contributed by atoms with Gasteiger partial charge < -0.3 is 25.4 Å². The molecule has 8 nitrogen and oxygen atoms in total. The summed E-state index contributed by atoms with van der Waals surface area (Å²) in [6.07, 6.45) is -0.867. The lowest BCUT2D eigenvalue weighted by atomic mass is 9.92. The van der Waals surface area contributed by atoms with Crippen LogP contribution in [0.2, 0.25) is 0 Å². The third kappa shape index (κ3) is 5.42. The Labute approximate surface area is 160 Å². The van der Waals surface area contributed by atoms with E-state index in [2.05, 4.69) is 15.3 Å². The quantitative estimate of drug-likeness (QED) is 0.734. The van der Waals surface area contributed by atoms with Gasteiger partial charge in [0.25, 0.3) is 0 Å². The Bertz CT molecular complexity index is 705. The number of anilines is 1. The fraction of sp³-hybridized carbons (Fsp3) is 0.625. The second kappa shape index (κ2) is 8.26. The van der Waals surface area contributed by atoms with E-state index in [4.69, 9.17) is 27.4 Å². The first-order valence-corrected chi connectivity index (χ1v) is 9.11. The van der Waals surface area contributed by atoms with Gasteiger partial charge in [0.05, 0.1) is 13.2 Å². The van der Waals surface area contributed by atoms with Gasteiger partial charge >= 0.3 is 6.09 Å². The molecule has 148 valence electrons. The van der Waals surface area contributed by atoms with Gasteiger partial charge in [0.1, 0.15) is 10.8 Å². The molecule has 2 aliphatic rings. The number of thiocarbonyl (C=S) groups is 1. The molecule has 11 heteroatoms. The molecule has 0 radical (unpaired) electrons. The van der Waals surface area contributed by atoms with Crippen LogP contribution in [0.5, 0.6) is 5.88 Å². The summed E-state index contributed by atoms with van der Waals surface area (Å²) in [5, 5.41) is 2.60. The van der Waals surface area contributed by atoms with E-state index in [0.29, 0.717) is 32.1 Å². The van der Waals surface area contributed by atoms with Crippen LogP contribution < -0.4 is 20.7 Å². The Morgan fingerprint density at radius 3 is 2.63 bits per heavy atom. The number of halogens is 2. The van der Waals surface area contributed by atoms with Crippen molar-refractivity contribution in [3.8, 4) is 5.88 Å². The minimum Gasteiger partial charge on any atom is -0.391 e. The molecule has 1 amide bonds. The van der Waals surface area contributed by atoms with E-state index in [1.807, 2.05) is 4.90 Å². The Morgan fingerprint density at radius 2 is 2.00 bits per heavy atom. The van der Waals surface area contributed by atoms with Crippen LogP contribution in [0.1, 0.15) is 31.5 Å². The van der Waals surface area contributed by atoms with Gasteiger partial charge in [-0.15, -0.1) is 0 Å². The Balaban J connectivity index is 1.67. The highest BCUT2D eigenvalue weighted by Crippen LogP contribution is 2.33. The molecule has 3 N–H and O–H groups in total. The van der Waals surface area contributed by atoms with Crippen molar-refractivity contribution in [3.63, 3.8) is 0 Å². The molecular formula is C16H21F2N5O3S. The lowest BCUT2D eigenvalue weighted by Crippen LogP contribution is -2.41. The second-order valence-electron chi connectivity index (χ2n) is 6.52. The van der Waals surface area contributed by atoms with Crippen molar-refractivity contribution < 1.29 is 23.0 Å². The molecule has 3 rings (SSSR count). The summed E-state index contributed by atoms with van der Waals surface area (Å²) in [7, 11) is 0. The average Bonchev–Trinajstić information content (AvgIpc) is 2.64. The van der Waals surface area contributed by atoms with Gasteiger partial charge in [-0.1, -0.05) is 12.2 Å². The summed E-state index contributed by atoms with van der Waals surface area (Å²) >= 11 is 4.93. The normalized spacial score (nSPS) is 20.1. The number of nitrogens with one attached hydrogen (secondary N) is 1. The van der Waals surface area contributed by atoms with Crippen molar-refractivity contribution in [3.05, 3.63) is 11.9 Å². The van der Waals surface area contributed by atoms with Gasteiger partial charge in [-0.3, -0.25) is 0 Å². The van der Waals surface area contributed by atoms with E-state index in [1.54, 1.807) is 0 Å². The van der Waals surface area contributed by atoms with Crippen LogP contribution in [0.25, 0.3) is 0 Å². The number of nitrogens with zero attached hydrogens (tertiary/aromatic N) is 3. The predicted molar refractivity (Wildman–Crippen MR) is 97.3 cm³/mol. The van der Waals surface area contributed by atoms with Crippen LogP contribution in [0, 0.1) is 0 Å². The molecule has 1 saturated heterocycles. The number of ether oxygens (including phenoxy) is 2. The van der Waals surface area contributed by atoms with E-state index < -0.39 is 12.0 Å². The number of alkyl halides is 2. The van der Waals surface area contributed by atoms with Crippen LogP contribution in [0.3, 0.4) is 0 Å². The van der Waals surface area contributed by atoms with Gasteiger partial charge in [0.15, 0.2) is 5.82 Å². The summed E-state index contributed by atoms with van der Waals surface area (Å²) in [5.41, 5.74) is 5.62. The number of amides is 1. The lowest BCUT2D eigenvalue weighted by molar-refractivity contribution is -0.0399. The summed E-state index contributed by atoms with van der Waals surface area (Å²) < 4.78 is 36.9. The number of hydrogen-bond acceptors (Lipinski definition) is 7. The van der Waals surface area contributed by atoms with E-state index in [9.17, 15) is 13.6 Å². The SMILES string of the molecule is NC(=S)c1nc(OC(=O)NC2CCC(F)(F)CC2)cc(N2CCOCC2)n1. The topological polar surface area (TPSA) is 103 Å². The largest absolute Gasteiger partial charge is 0.414 e. The highest BCUT2D eigenvalue weighted by Gasteiger charge is 2.35. The number of rotatable bonds is 4. The highest BCUT2D eigenvalue weighted by atomic mass is 32.1. The molecule has 0 spiro atoms. The number of carbonyl (C=O) groups excluding carboxylic acids is 1. The molecule has 0 unspecified atom stereocenters. The zero-order valence-corrected chi connectivity index (χ0v) is 15.4. The Morgan fingerprint density at radius 1 is 1.33 bits per heavy atom. The number of morpholine rings is 1. The molecule has 0 bridgehead atoms. The van der Waals surface area contributed by atoms with E-state index in [-0.39, 0.29) is 48.4 Å². The third-order valence-corrected chi connectivity index (χ3v) is 4.66. The standard InChI is InChI=1S/C16H21F2N5O3S/c17-16(18)3-1-10(2-4-16)20-15(24)26-12-9-11(21-14(22-12)13(19)27)23-5-7-25-8-6-23/h9-10H,1-8H2,(H2,19,27)(H,20,24). The molecule has 0 aromatic carbocycles. The van der Waals surface area contributed by atoms with Crippen LogP contribution in [-0.2, 0) is 4.74 Å². The van der Waals surface area contributed by atoms with Crippen molar-refractivity contribution in [1.82, 2.24) is 15.3 Å². The molecule has 1 aliphatic heterocycles. The van der Waals surface area contributed by atoms with Crippen LogP contribution >= 0.6 is 12.2 Å². The summed E-state index contributed by atoms with van der Waals surface area (Å²) in [5.74, 6) is -2.05. The molecule has 2 heterocycles. The van der Waals surface area contributed by atoms with Crippen molar-refractivity contribution in [1.29, 1.82) is 0 Å². The van der Waals surface area contributed by atoms with Crippen molar-refractivity contribution in [2.75, 3.05) is 31.2 Å². The molecular weight excluding hydrogens is 380 g/mol. The Hall–Kier alpha value is -2.14. The second-order valence-corrected chi connectivity index (χ2v) is 6.96. The maximum absolute atomic E-state index is 13.2. The smallest absolute Gasteiger partial charge is 0.391 e. The minimum absolute atomic E-state index is 0.00655. The maximum Gasteiger partial charge on any atom is 0.414 e. The molecule has 1 saturated carbocycles. The van der Waals surface area contributed by atoms with Crippen molar-refractivity contribution in [2.24, 2.45) is 5.73 Å². The first-order valence-electron chi connectivity index (χ1n) is 8.70. The molecule has 2 fully saturated rings. The molecule has 27 heavy (non-hydrogen) atoms. The van der Waals surface area contributed by atoms with Gasteiger partial charge in [-0.25, -0.2) is 18.6 Å². The summed E-state index contributed by atoms with van der Waals surface area (Å²) in [6, 6.07) is 1.16. The lowest BCUT2D eigenvalue weighted by Gasteiger charge is -2.29. The predicted octanol–water partition coefficient (Wildman–Crippen LogP) is 1.61. The number of nitrogens with two attached hydrogens (primary N) is 1. The van der Waals surface area contributed by atoms with Crippen LogP contribution in [0.15, 0.2) is 6.07 Å². The van der Waals surface area contributed by atoms with Gasteiger partial charge in [-0.2, -0.15) is 4.98 Å². The summed E-state index contributed by atoms with van der Waals surface area (Å²) in [6.45, 7) is 2.34. The Kier molecular flexibility index (Phi) is 6.00. The molecule has 1 aromatic rings. The zero-order valence-electron chi connectivity index (χ0n) is 14.6. The van der Waals surface area contributed by atoms with Crippen molar-refractivity contribution >= 4 is 29.1 Å². The van der Waals surface area contributed by atoms with Crippen LogP contribution in [0.4, 0.5) is 19.4 Å². The third-order valence-electron chi connectivity index (χ3n) is 4.48. The van der Waals surface area contributed by atoms with E-state index in [0.717, 1.165) is 0 Å². The number of aromatic nitrogens is 2. The fourth-order valence-corrected chi connectivity index (χ4v) is 3.10. The first kappa shape index (κ1) is 19.6. The van der Waals surface area contributed by atoms with Crippen LogP contribution in [-0.4, -0.2) is 59.3 Å². The molecule has 1 aromatic heterocycles. The first-order chi connectivity index (χ1) is 12.8. The zero-order chi connectivity index (χ0) is 19.4. The number of carbonyl (C=O) groups is 1. The highest BCUT2D eigenvalue weighted by molar-refractivity contribution is 7.80. The maximum atomic E-state index is 13.2. The number of hydrogen-bond donors (Lipinski definition) is 2. The fourth-order valence-electron chi connectivity index (χ4n) is 3.01. The van der Waals surface area contributed by atoms with Crippen molar-refractivity contribution in [2.45, 2.75) is 37.6 Å². The average molecular weight is 401 g/mol.